The summed E-state index contributed by atoms with van der Waals surface area (Å²) in [5.41, 5.74) is 6.44. The maximum absolute atomic E-state index is 12.5. The lowest BCUT2D eigenvalue weighted by Gasteiger charge is -2.31. The van der Waals surface area contributed by atoms with Gasteiger partial charge in [0, 0.05) is 18.7 Å². The molecule has 0 aliphatic carbocycles. The number of hydrogen-bond acceptors (Lipinski definition) is 3. The fourth-order valence-corrected chi connectivity index (χ4v) is 2.79. The summed E-state index contributed by atoms with van der Waals surface area (Å²) in [5, 5.41) is 0. The lowest BCUT2D eigenvalue weighted by atomic mass is 9.96. The highest BCUT2D eigenvalue weighted by atomic mass is 16.5. The average molecular weight is 304 g/mol. The molecule has 22 heavy (non-hydrogen) atoms. The van der Waals surface area contributed by atoms with Crippen LogP contribution in [0.4, 0.5) is 0 Å². The molecule has 0 spiro atoms. The molecule has 4 nitrogen and oxygen atoms in total. The van der Waals surface area contributed by atoms with Crippen molar-refractivity contribution in [2.24, 2.45) is 11.7 Å². The van der Waals surface area contributed by atoms with E-state index in [2.05, 4.69) is 6.92 Å². The van der Waals surface area contributed by atoms with Gasteiger partial charge < -0.3 is 15.4 Å². The number of nitrogens with zero attached hydrogens (tertiary/aromatic N) is 1. The maximum atomic E-state index is 12.5. The minimum absolute atomic E-state index is 0.119. The third kappa shape index (κ3) is 4.73. The van der Waals surface area contributed by atoms with E-state index in [-0.39, 0.29) is 5.91 Å². The predicted octanol–water partition coefficient (Wildman–Crippen LogP) is 3.07. The molecule has 1 aliphatic heterocycles. The van der Waals surface area contributed by atoms with Gasteiger partial charge >= 0.3 is 0 Å². The fraction of sp³-hybridized carbons (Fsp3) is 0.611. The summed E-state index contributed by atoms with van der Waals surface area (Å²) in [6.45, 7) is 5.28. The monoisotopic (exact) mass is 304 g/mol. The number of likely N-dealkylation sites (tertiary alicyclic amines) is 1. The van der Waals surface area contributed by atoms with E-state index >= 15 is 0 Å². The number of benzene rings is 1. The first-order valence-corrected chi connectivity index (χ1v) is 8.46. The molecular weight excluding hydrogens is 276 g/mol. The second-order valence-corrected chi connectivity index (χ2v) is 6.05. The molecule has 1 saturated heterocycles. The zero-order chi connectivity index (χ0) is 15.8. The van der Waals surface area contributed by atoms with Crippen LogP contribution in [0.5, 0.6) is 5.75 Å². The standard InChI is InChI=1S/C18H28N2O2/c1-2-3-4-13-22-17-7-5-16(6-8-17)18(21)20-11-9-15(14-19)10-12-20/h5-8,15H,2-4,9-14,19H2,1H3. The van der Waals surface area contributed by atoms with Crippen LogP contribution < -0.4 is 10.5 Å². The number of ether oxygens (including phenoxy) is 1. The van der Waals surface area contributed by atoms with Gasteiger partial charge in [0.25, 0.3) is 5.91 Å². The van der Waals surface area contributed by atoms with Crippen LogP contribution in [0.2, 0.25) is 0 Å². The second-order valence-electron chi connectivity index (χ2n) is 6.05. The van der Waals surface area contributed by atoms with Crippen LogP contribution in [-0.4, -0.2) is 37.0 Å². The zero-order valence-corrected chi connectivity index (χ0v) is 13.6. The van der Waals surface area contributed by atoms with Crippen LogP contribution in [0.25, 0.3) is 0 Å². The Balaban J connectivity index is 1.83. The van der Waals surface area contributed by atoms with E-state index in [1.807, 2.05) is 29.2 Å². The van der Waals surface area contributed by atoms with Crippen LogP contribution in [0.1, 0.15) is 49.4 Å². The fourth-order valence-electron chi connectivity index (χ4n) is 2.79. The van der Waals surface area contributed by atoms with Gasteiger partial charge in [-0.15, -0.1) is 0 Å². The van der Waals surface area contributed by atoms with E-state index in [1.54, 1.807) is 0 Å². The summed E-state index contributed by atoms with van der Waals surface area (Å²) in [5.74, 6) is 1.53. The largest absolute Gasteiger partial charge is 0.494 e. The number of amides is 1. The molecule has 0 saturated carbocycles. The Morgan fingerprint density at radius 1 is 1.23 bits per heavy atom. The number of nitrogens with two attached hydrogens (primary N) is 1. The van der Waals surface area contributed by atoms with Crippen LogP contribution in [-0.2, 0) is 0 Å². The SMILES string of the molecule is CCCCCOc1ccc(C(=O)N2CCC(CN)CC2)cc1. The molecule has 1 fully saturated rings. The Bertz CT molecular complexity index is 451. The van der Waals surface area contributed by atoms with E-state index in [9.17, 15) is 4.79 Å². The summed E-state index contributed by atoms with van der Waals surface area (Å²) < 4.78 is 5.68. The van der Waals surface area contributed by atoms with Gasteiger partial charge in [-0.05, 0) is 56.0 Å². The summed E-state index contributed by atoms with van der Waals surface area (Å²) in [6, 6.07) is 7.52. The van der Waals surface area contributed by atoms with Crippen molar-refractivity contribution < 1.29 is 9.53 Å². The van der Waals surface area contributed by atoms with Crippen LogP contribution in [0.15, 0.2) is 24.3 Å². The molecule has 2 N–H and O–H groups in total. The first-order valence-electron chi connectivity index (χ1n) is 8.46. The highest BCUT2D eigenvalue weighted by Gasteiger charge is 2.22. The summed E-state index contributed by atoms with van der Waals surface area (Å²) >= 11 is 0. The third-order valence-electron chi connectivity index (χ3n) is 4.35. The van der Waals surface area contributed by atoms with Crippen molar-refractivity contribution in [2.45, 2.75) is 39.0 Å². The predicted molar refractivity (Wildman–Crippen MR) is 89.1 cm³/mol. The van der Waals surface area contributed by atoms with Gasteiger partial charge in [-0.2, -0.15) is 0 Å². The number of unbranched alkanes of at least 4 members (excludes halogenated alkanes) is 2. The molecule has 1 aromatic rings. The lowest BCUT2D eigenvalue weighted by Crippen LogP contribution is -2.40. The molecule has 1 heterocycles. The third-order valence-corrected chi connectivity index (χ3v) is 4.35. The summed E-state index contributed by atoms with van der Waals surface area (Å²) in [6.07, 6.45) is 5.49. The number of piperidine rings is 1. The highest BCUT2D eigenvalue weighted by Crippen LogP contribution is 2.19. The molecular formula is C18H28N2O2. The molecule has 0 atom stereocenters. The Morgan fingerprint density at radius 2 is 1.91 bits per heavy atom. The van der Waals surface area contributed by atoms with E-state index in [0.717, 1.165) is 56.8 Å². The molecule has 0 bridgehead atoms. The molecule has 1 aliphatic rings. The molecule has 2 rings (SSSR count). The molecule has 0 aromatic heterocycles. The number of carbonyl (C=O) groups excluding carboxylic acids is 1. The Hall–Kier alpha value is -1.55. The maximum Gasteiger partial charge on any atom is 0.253 e. The van der Waals surface area contributed by atoms with E-state index < -0.39 is 0 Å². The second kappa shape index (κ2) is 8.79. The number of carbonyl (C=O) groups is 1. The average Bonchev–Trinajstić information content (AvgIpc) is 2.59. The quantitative estimate of drug-likeness (QED) is 0.788. The minimum atomic E-state index is 0.119. The first-order chi connectivity index (χ1) is 10.7. The lowest BCUT2D eigenvalue weighted by molar-refractivity contribution is 0.0693. The minimum Gasteiger partial charge on any atom is -0.494 e. The highest BCUT2D eigenvalue weighted by molar-refractivity contribution is 5.94. The van der Waals surface area contributed by atoms with E-state index in [0.29, 0.717) is 5.92 Å². The van der Waals surface area contributed by atoms with Crippen LogP contribution in [0, 0.1) is 5.92 Å². The van der Waals surface area contributed by atoms with E-state index in [4.69, 9.17) is 10.5 Å². The zero-order valence-electron chi connectivity index (χ0n) is 13.6. The van der Waals surface area contributed by atoms with Crippen molar-refractivity contribution in [1.82, 2.24) is 4.90 Å². The Labute approximate surface area is 133 Å². The molecule has 122 valence electrons. The number of hydrogen-bond donors (Lipinski definition) is 1. The Kier molecular flexibility index (Phi) is 6.72. The molecule has 1 aromatic carbocycles. The Morgan fingerprint density at radius 3 is 2.50 bits per heavy atom. The van der Waals surface area contributed by atoms with Gasteiger partial charge in [0.1, 0.15) is 5.75 Å². The van der Waals surface area contributed by atoms with Gasteiger partial charge in [0.15, 0.2) is 0 Å². The smallest absolute Gasteiger partial charge is 0.253 e. The molecule has 4 heteroatoms. The molecule has 0 unspecified atom stereocenters. The van der Waals surface area contributed by atoms with Crippen molar-refractivity contribution in [3.05, 3.63) is 29.8 Å². The molecule has 0 radical (unpaired) electrons. The topological polar surface area (TPSA) is 55.6 Å². The van der Waals surface area contributed by atoms with Gasteiger partial charge in [-0.1, -0.05) is 19.8 Å². The van der Waals surface area contributed by atoms with Crippen molar-refractivity contribution in [3.8, 4) is 5.75 Å². The van der Waals surface area contributed by atoms with Gasteiger partial charge in [0.2, 0.25) is 0 Å². The van der Waals surface area contributed by atoms with Crippen molar-refractivity contribution >= 4 is 5.91 Å². The van der Waals surface area contributed by atoms with Gasteiger partial charge in [-0.3, -0.25) is 4.79 Å². The van der Waals surface area contributed by atoms with Crippen LogP contribution >= 0.6 is 0 Å². The first kappa shape index (κ1) is 16.8. The molecule has 1 amide bonds. The van der Waals surface area contributed by atoms with Gasteiger partial charge in [-0.25, -0.2) is 0 Å². The van der Waals surface area contributed by atoms with E-state index in [1.165, 1.54) is 12.8 Å². The van der Waals surface area contributed by atoms with Crippen molar-refractivity contribution in [1.29, 1.82) is 0 Å². The van der Waals surface area contributed by atoms with Crippen LogP contribution in [0.3, 0.4) is 0 Å². The summed E-state index contributed by atoms with van der Waals surface area (Å²) in [4.78, 5) is 14.4. The normalized spacial score (nSPS) is 15.8. The van der Waals surface area contributed by atoms with Crippen molar-refractivity contribution in [3.63, 3.8) is 0 Å². The summed E-state index contributed by atoms with van der Waals surface area (Å²) in [7, 11) is 0. The number of rotatable bonds is 7. The van der Waals surface area contributed by atoms with Gasteiger partial charge in [0.05, 0.1) is 6.61 Å². The van der Waals surface area contributed by atoms with Crippen molar-refractivity contribution in [2.75, 3.05) is 26.2 Å².